The molecule has 4 heteroatoms. The molecule has 0 aromatic carbocycles. The molecule has 1 aliphatic heterocycles. The van der Waals surface area contributed by atoms with E-state index in [1.807, 2.05) is 17.8 Å². The Morgan fingerprint density at radius 3 is 3.08 bits per heavy atom. The molecule has 4 nitrogen and oxygen atoms in total. The van der Waals surface area contributed by atoms with Crippen molar-refractivity contribution in [2.45, 2.75) is 25.0 Å². The largest absolute Gasteiger partial charge is 0.366 e. The molecular weight excluding hydrogens is 166 g/mol. The second-order valence-electron chi connectivity index (χ2n) is 3.46. The molecule has 2 N–H and O–H groups in total. The molecule has 0 spiro atoms. The normalized spacial score (nSPS) is 28.2. The lowest BCUT2D eigenvalue weighted by molar-refractivity contribution is 0.0433. The number of nitrogens with two attached hydrogens (primary N) is 1. The molecule has 72 valence electrons. The first kappa shape index (κ1) is 8.72. The van der Waals surface area contributed by atoms with Gasteiger partial charge in [-0.3, -0.25) is 0 Å². The van der Waals surface area contributed by atoms with E-state index in [0.717, 1.165) is 18.7 Å². The van der Waals surface area contributed by atoms with Gasteiger partial charge >= 0.3 is 0 Å². The maximum Gasteiger partial charge on any atom is 0.137 e. The number of aromatic nitrogens is 2. The van der Waals surface area contributed by atoms with E-state index in [2.05, 4.69) is 4.98 Å². The molecule has 0 saturated carbocycles. The van der Waals surface area contributed by atoms with Gasteiger partial charge in [-0.2, -0.15) is 0 Å². The minimum Gasteiger partial charge on any atom is -0.366 e. The summed E-state index contributed by atoms with van der Waals surface area (Å²) in [4.78, 5) is 4.26. The van der Waals surface area contributed by atoms with Crippen molar-refractivity contribution in [2.75, 3.05) is 6.54 Å². The van der Waals surface area contributed by atoms with Gasteiger partial charge in [0.1, 0.15) is 11.9 Å². The predicted molar refractivity (Wildman–Crippen MR) is 49.1 cm³/mol. The number of rotatable bonds is 2. The lowest BCUT2D eigenvalue weighted by Gasteiger charge is -2.11. The summed E-state index contributed by atoms with van der Waals surface area (Å²) in [6, 6.07) is 0. The van der Waals surface area contributed by atoms with Gasteiger partial charge in [0.2, 0.25) is 0 Å². The van der Waals surface area contributed by atoms with Gasteiger partial charge in [0.05, 0.1) is 6.10 Å². The number of ether oxygens (including phenoxy) is 1. The summed E-state index contributed by atoms with van der Waals surface area (Å²) in [5.74, 6) is 1.01. The molecular formula is C9H15N3O. The molecule has 1 aromatic rings. The summed E-state index contributed by atoms with van der Waals surface area (Å²) in [5.41, 5.74) is 5.54. The van der Waals surface area contributed by atoms with Crippen molar-refractivity contribution >= 4 is 0 Å². The number of aryl methyl sites for hydroxylation is 1. The average molecular weight is 181 g/mol. The molecule has 0 aliphatic carbocycles. The summed E-state index contributed by atoms with van der Waals surface area (Å²) in [6.45, 7) is 0.612. The monoisotopic (exact) mass is 181 g/mol. The number of hydrogen-bond acceptors (Lipinski definition) is 3. The van der Waals surface area contributed by atoms with E-state index in [1.54, 1.807) is 6.20 Å². The van der Waals surface area contributed by atoms with Gasteiger partial charge in [-0.1, -0.05) is 0 Å². The fourth-order valence-corrected chi connectivity index (χ4v) is 1.76. The predicted octanol–water partition coefficient (Wildman–Crippen LogP) is 0.599. The fraction of sp³-hybridized carbons (Fsp3) is 0.667. The minimum atomic E-state index is 0.147. The van der Waals surface area contributed by atoms with Crippen molar-refractivity contribution in [1.29, 1.82) is 0 Å². The Kier molecular flexibility index (Phi) is 2.33. The van der Waals surface area contributed by atoms with Crippen molar-refractivity contribution < 1.29 is 4.74 Å². The van der Waals surface area contributed by atoms with Crippen LogP contribution in [-0.4, -0.2) is 22.2 Å². The van der Waals surface area contributed by atoms with E-state index in [4.69, 9.17) is 10.5 Å². The van der Waals surface area contributed by atoms with Crippen molar-refractivity contribution in [3.05, 3.63) is 18.2 Å². The SMILES string of the molecule is Cn1ccnc1C1CCC(CN)O1. The molecule has 1 aromatic heterocycles. The third-order valence-electron chi connectivity index (χ3n) is 2.52. The highest BCUT2D eigenvalue weighted by molar-refractivity contribution is 4.98. The third kappa shape index (κ3) is 1.59. The van der Waals surface area contributed by atoms with Crippen LogP contribution in [0.4, 0.5) is 0 Å². The van der Waals surface area contributed by atoms with Crippen LogP contribution in [-0.2, 0) is 11.8 Å². The van der Waals surface area contributed by atoms with E-state index >= 15 is 0 Å². The second kappa shape index (κ2) is 3.47. The Hall–Kier alpha value is -0.870. The first-order valence-corrected chi connectivity index (χ1v) is 4.64. The maximum atomic E-state index is 5.73. The van der Waals surface area contributed by atoms with Gasteiger partial charge in [0, 0.05) is 26.0 Å². The van der Waals surface area contributed by atoms with Crippen LogP contribution >= 0.6 is 0 Å². The summed E-state index contributed by atoms with van der Waals surface area (Å²) >= 11 is 0. The van der Waals surface area contributed by atoms with Crippen LogP contribution < -0.4 is 5.73 Å². The fourth-order valence-electron chi connectivity index (χ4n) is 1.76. The van der Waals surface area contributed by atoms with E-state index in [0.29, 0.717) is 6.54 Å². The Labute approximate surface area is 77.7 Å². The zero-order valence-corrected chi connectivity index (χ0v) is 7.81. The molecule has 2 unspecified atom stereocenters. The zero-order valence-electron chi connectivity index (χ0n) is 7.81. The molecule has 0 amide bonds. The molecule has 1 saturated heterocycles. The van der Waals surface area contributed by atoms with Crippen molar-refractivity contribution in [3.8, 4) is 0 Å². The van der Waals surface area contributed by atoms with Gasteiger partial charge in [-0.15, -0.1) is 0 Å². The Morgan fingerprint density at radius 1 is 1.69 bits per heavy atom. The summed E-state index contributed by atoms with van der Waals surface area (Å²) in [7, 11) is 1.99. The smallest absolute Gasteiger partial charge is 0.137 e. The average Bonchev–Trinajstić information content (AvgIpc) is 2.71. The van der Waals surface area contributed by atoms with Crippen molar-refractivity contribution in [3.63, 3.8) is 0 Å². The standard InChI is InChI=1S/C9H15N3O/c1-12-5-4-11-9(12)8-3-2-7(6-10)13-8/h4-5,7-8H,2-3,6,10H2,1H3. The molecule has 1 aliphatic rings. The number of nitrogens with zero attached hydrogens (tertiary/aromatic N) is 2. The van der Waals surface area contributed by atoms with Gasteiger partial charge in [-0.05, 0) is 12.8 Å². The van der Waals surface area contributed by atoms with Gasteiger partial charge < -0.3 is 15.0 Å². The van der Waals surface area contributed by atoms with Crippen molar-refractivity contribution in [1.82, 2.24) is 9.55 Å². The van der Waals surface area contributed by atoms with Gasteiger partial charge in [0.15, 0.2) is 0 Å². The molecule has 2 rings (SSSR count). The minimum absolute atomic E-state index is 0.147. The second-order valence-corrected chi connectivity index (χ2v) is 3.46. The van der Waals surface area contributed by atoms with Crippen molar-refractivity contribution in [2.24, 2.45) is 12.8 Å². The van der Waals surface area contributed by atoms with Gasteiger partial charge in [0.25, 0.3) is 0 Å². The lowest BCUT2D eigenvalue weighted by atomic mass is 10.2. The van der Waals surface area contributed by atoms with Crippen LogP contribution in [0, 0.1) is 0 Å². The third-order valence-corrected chi connectivity index (χ3v) is 2.52. The summed E-state index contributed by atoms with van der Waals surface area (Å²) in [6.07, 6.45) is 6.19. The molecule has 1 fully saturated rings. The molecule has 2 atom stereocenters. The van der Waals surface area contributed by atoms with Crippen LogP contribution in [0.25, 0.3) is 0 Å². The number of hydrogen-bond donors (Lipinski definition) is 1. The quantitative estimate of drug-likeness (QED) is 0.726. The topological polar surface area (TPSA) is 53.1 Å². The van der Waals surface area contributed by atoms with E-state index in [1.165, 1.54) is 0 Å². The van der Waals surface area contributed by atoms with E-state index < -0.39 is 0 Å². The Bertz CT molecular complexity index is 284. The highest BCUT2D eigenvalue weighted by Crippen LogP contribution is 2.30. The zero-order chi connectivity index (χ0) is 9.26. The maximum absolute atomic E-state index is 5.73. The highest BCUT2D eigenvalue weighted by Gasteiger charge is 2.27. The molecule has 2 heterocycles. The van der Waals surface area contributed by atoms with Gasteiger partial charge in [-0.25, -0.2) is 4.98 Å². The Balaban J connectivity index is 2.08. The molecule has 0 radical (unpaired) electrons. The molecule has 13 heavy (non-hydrogen) atoms. The van der Waals surface area contributed by atoms with E-state index in [9.17, 15) is 0 Å². The summed E-state index contributed by atoms with van der Waals surface area (Å²) < 4.78 is 7.73. The number of imidazole rings is 1. The summed E-state index contributed by atoms with van der Waals surface area (Å²) in [5, 5.41) is 0. The Morgan fingerprint density at radius 2 is 2.54 bits per heavy atom. The van der Waals surface area contributed by atoms with Crippen LogP contribution in [0.5, 0.6) is 0 Å². The first-order chi connectivity index (χ1) is 6.31. The lowest BCUT2D eigenvalue weighted by Crippen LogP contribution is -2.19. The highest BCUT2D eigenvalue weighted by atomic mass is 16.5. The van der Waals surface area contributed by atoms with Crippen LogP contribution in [0.2, 0.25) is 0 Å². The van der Waals surface area contributed by atoms with Crippen LogP contribution in [0.3, 0.4) is 0 Å². The first-order valence-electron chi connectivity index (χ1n) is 4.64. The van der Waals surface area contributed by atoms with Crippen LogP contribution in [0.1, 0.15) is 24.8 Å². The van der Waals surface area contributed by atoms with E-state index in [-0.39, 0.29) is 12.2 Å². The van der Waals surface area contributed by atoms with Crippen LogP contribution in [0.15, 0.2) is 12.4 Å². The molecule has 0 bridgehead atoms.